The van der Waals surface area contributed by atoms with Gasteiger partial charge in [-0.3, -0.25) is 0 Å². The van der Waals surface area contributed by atoms with Crippen molar-refractivity contribution in [2.24, 2.45) is 0 Å². The van der Waals surface area contributed by atoms with Crippen molar-refractivity contribution < 1.29 is 4.74 Å². The fourth-order valence-corrected chi connectivity index (χ4v) is 3.34. The number of hydrogen-bond acceptors (Lipinski definition) is 3. The van der Waals surface area contributed by atoms with Crippen molar-refractivity contribution in [3.8, 4) is 0 Å². The fourth-order valence-electron chi connectivity index (χ4n) is 1.84. The van der Waals surface area contributed by atoms with E-state index in [9.17, 15) is 0 Å². The van der Waals surface area contributed by atoms with Gasteiger partial charge in [-0.1, -0.05) is 20.3 Å². The summed E-state index contributed by atoms with van der Waals surface area (Å²) in [6.07, 6.45) is 3.81. The van der Waals surface area contributed by atoms with Crippen LogP contribution in [0.4, 0.5) is 0 Å². The van der Waals surface area contributed by atoms with Crippen molar-refractivity contribution in [3.63, 3.8) is 0 Å². The molecule has 0 saturated carbocycles. The quantitative estimate of drug-likeness (QED) is 0.707. The molecule has 0 aromatic carbocycles. The molecule has 3 heteroatoms. The molecule has 1 heterocycles. The molecule has 0 radical (unpaired) electrons. The highest BCUT2D eigenvalue weighted by Crippen LogP contribution is 2.29. The number of hydrogen-bond donors (Lipinski definition) is 1. The summed E-state index contributed by atoms with van der Waals surface area (Å²) in [7, 11) is 2.08. The molecule has 1 saturated heterocycles. The van der Waals surface area contributed by atoms with E-state index in [0.29, 0.717) is 6.04 Å². The zero-order chi connectivity index (χ0) is 10.4. The van der Waals surface area contributed by atoms with Crippen LogP contribution in [0, 0.1) is 0 Å². The number of ether oxygens (including phenoxy) is 1. The molecule has 2 atom stereocenters. The van der Waals surface area contributed by atoms with Crippen LogP contribution in [0.3, 0.4) is 0 Å². The Kier molecular flexibility index (Phi) is 5.90. The van der Waals surface area contributed by atoms with Crippen LogP contribution in [0.15, 0.2) is 0 Å². The molecule has 0 spiro atoms. The smallest absolute Gasteiger partial charge is 0.0608 e. The van der Waals surface area contributed by atoms with Crippen molar-refractivity contribution in [1.82, 2.24) is 5.32 Å². The lowest BCUT2D eigenvalue weighted by molar-refractivity contribution is 0.0452. The third-order valence-electron chi connectivity index (χ3n) is 2.80. The first kappa shape index (κ1) is 12.3. The molecule has 0 aliphatic carbocycles. The summed E-state index contributed by atoms with van der Waals surface area (Å²) in [5.41, 5.74) is 0. The van der Waals surface area contributed by atoms with Crippen molar-refractivity contribution in [2.45, 2.75) is 49.7 Å². The van der Waals surface area contributed by atoms with Crippen LogP contribution in [0.5, 0.6) is 0 Å². The van der Waals surface area contributed by atoms with Crippen molar-refractivity contribution >= 4 is 11.8 Å². The largest absolute Gasteiger partial charge is 0.379 e. The van der Waals surface area contributed by atoms with Crippen LogP contribution >= 0.6 is 11.8 Å². The molecule has 1 N–H and O–H groups in total. The Morgan fingerprint density at radius 3 is 2.50 bits per heavy atom. The summed E-state index contributed by atoms with van der Waals surface area (Å²) in [4.78, 5) is 0. The Hall–Kier alpha value is 0.270. The SMILES string of the molecule is CCCC(NC)C(CC)SC1COC1. The molecule has 14 heavy (non-hydrogen) atoms. The standard InChI is InChI=1S/C11H23NOS/c1-4-6-10(12-3)11(5-2)14-9-7-13-8-9/h9-12H,4-8H2,1-3H3. The molecule has 84 valence electrons. The van der Waals surface area contributed by atoms with E-state index in [1.807, 2.05) is 0 Å². The number of nitrogens with one attached hydrogen (secondary N) is 1. The van der Waals surface area contributed by atoms with Gasteiger partial charge in [-0.05, 0) is 19.9 Å². The highest BCUT2D eigenvalue weighted by Gasteiger charge is 2.26. The van der Waals surface area contributed by atoms with Gasteiger partial charge in [0.1, 0.15) is 0 Å². The monoisotopic (exact) mass is 217 g/mol. The van der Waals surface area contributed by atoms with E-state index < -0.39 is 0 Å². The normalized spacial score (nSPS) is 21.6. The topological polar surface area (TPSA) is 21.3 Å². The first-order valence-electron chi connectivity index (χ1n) is 5.72. The predicted molar refractivity (Wildman–Crippen MR) is 64.0 cm³/mol. The Morgan fingerprint density at radius 2 is 2.14 bits per heavy atom. The van der Waals surface area contributed by atoms with Crippen LogP contribution < -0.4 is 5.32 Å². The minimum atomic E-state index is 0.676. The molecule has 0 aromatic heterocycles. The summed E-state index contributed by atoms with van der Waals surface area (Å²) < 4.78 is 5.21. The zero-order valence-corrected chi connectivity index (χ0v) is 10.4. The van der Waals surface area contributed by atoms with Gasteiger partial charge in [0.25, 0.3) is 0 Å². The molecule has 0 bridgehead atoms. The average Bonchev–Trinajstić information content (AvgIpc) is 2.14. The molecule has 1 fully saturated rings. The summed E-state index contributed by atoms with van der Waals surface area (Å²) in [6, 6.07) is 0.676. The lowest BCUT2D eigenvalue weighted by Crippen LogP contribution is -2.40. The van der Waals surface area contributed by atoms with Gasteiger partial charge >= 0.3 is 0 Å². The second kappa shape index (κ2) is 6.70. The Morgan fingerprint density at radius 1 is 1.43 bits per heavy atom. The maximum Gasteiger partial charge on any atom is 0.0608 e. The molecule has 1 aliphatic rings. The van der Waals surface area contributed by atoms with E-state index in [1.165, 1.54) is 19.3 Å². The van der Waals surface area contributed by atoms with Crippen molar-refractivity contribution in [1.29, 1.82) is 0 Å². The summed E-state index contributed by atoms with van der Waals surface area (Å²) in [5, 5.41) is 4.96. The van der Waals surface area contributed by atoms with Crippen molar-refractivity contribution in [3.05, 3.63) is 0 Å². The van der Waals surface area contributed by atoms with Crippen molar-refractivity contribution in [2.75, 3.05) is 20.3 Å². The van der Waals surface area contributed by atoms with Crippen LogP contribution in [-0.4, -0.2) is 36.8 Å². The van der Waals surface area contributed by atoms with E-state index >= 15 is 0 Å². The minimum absolute atomic E-state index is 0.676. The highest BCUT2D eigenvalue weighted by atomic mass is 32.2. The van der Waals surface area contributed by atoms with E-state index in [-0.39, 0.29) is 0 Å². The highest BCUT2D eigenvalue weighted by molar-refractivity contribution is 8.00. The fraction of sp³-hybridized carbons (Fsp3) is 1.00. The van der Waals surface area contributed by atoms with Gasteiger partial charge in [0.15, 0.2) is 0 Å². The van der Waals surface area contributed by atoms with E-state index in [4.69, 9.17) is 4.74 Å². The molecule has 0 aromatic rings. The second-order valence-electron chi connectivity index (χ2n) is 3.93. The second-order valence-corrected chi connectivity index (χ2v) is 5.47. The Balaban J connectivity index is 2.32. The third-order valence-corrected chi connectivity index (χ3v) is 4.46. The third kappa shape index (κ3) is 3.44. The predicted octanol–water partition coefficient (Wildman–Crippen LogP) is 2.29. The molecular weight excluding hydrogens is 194 g/mol. The van der Waals surface area contributed by atoms with E-state index in [1.54, 1.807) is 0 Å². The molecular formula is C11H23NOS. The number of thioether (sulfide) groups is 1. The summed E-state index contributed by atoms with van der Waals surface area (Å²) in [5.74, 6) is 0. The lowest BCUT2D eigenvalue weighted by atomic mass is 10.1. The minimum Gasteiger partial charge on any atom is -0.379 e. The first-order valence-corrected chi connectivity index (χ1v) is 6.66. The van der Waals surface area contributed by atoms with Crippen LogP contribution in [0.1, 0.15) is 33.1 Å². The molecule has 1 rings (SSSR count). The maximum absolute atomic E-state index is 5.21. The van der Waals surface area contributed by atoms with Gasteiger partial charge in [0, 0.05) is 11.3 Å². The van der Waals surface area contributed by atoms with Gasteiger partial charge in [0.2, 0.25) is 0 Å². The van der Waals surface area contributed by atoms with Crippen LogP contribution in [-0.2, 0) is 4.74 Å². The molecule has 2 unspecified atom stereocenters. The number of rotatable bonds is 7. The van der Waals surface area contributed by atoms with Gasteiger partial charge < -0.3 is 10.1 Å². The molecule has 2 nitrogen and oxygen atoms in total. The Bertz CT molecular complexity index is 150. The summed E-state index contributed by atoms with van der Waals surface area (Å²) in [6.45, 7) is 6.47. The van der Waals surface area contributed by atoms with E-state index in [0.717, 1.165) is 23.7 Å². The van der Waals surface area contributed by atoms with Gasteiger partial charge in [-0.2, -0.15) is 0 Å². The zero-order valence-electron chi connectivity index (χ0n) is 9.58. The summed E-state index contributed by atoms with van der Waals surface area (Å²) >= 11 is 2.12. The van der Waals surface area contributed by atoms with Gasteiger partial charge in [-0.15, -0.1) is 11.8 Å². The molecule has 0 amide bonds. The first-order chi connectivity index (χ1) is 6.81. The van der Waals surface area contributed by atoms with Gasteiger partial charge in [-0.25, -0.2) is 0 Å². The Labute approximate surface area is 92.2 Å². The maximum atomic E-state index is 5.21. The average molecular weight is 217 g/mol. The van der Waals surface area contributed by atoms with E-state index in [2.05, 4.69) is 38.0 Å². The van der Waals surface area contributed by atoms with Gasteiger partial charge in [0.05, 0.1) is 18.5 Å². The lowest BCUT2D eigenvalue weighted by Gasteiger charge is -2.33. The van der Waals surface area contributed by atoms with Crippen LogP contribution in [0.25, 0.3) is 0 Å². The van der Waals surface area contributed by atoms with Crippen LogP contribution in [0.2, 0.25) is 0 Å². The molecule has 1 aliphatic heterocycles.